The van der Waals surface area contributed by atoms with Gasteiger partial charge in [0.2, 0.25) is 0 Å². The van der Waals surface area contributed by atoms with E-state index in [9.17, 15) is 5.11 Å². The van der Waals surface area contributed by atoms with Crippen LogP contribution in [0.25, 0.3) is 21.6 Å². The molecule has 0 bridgehead atoms. The van der Waals surface area contributed by atoms with E-state index in [1.807, 2.05) is 12.1 Å². The topological polar surface area (TPSA) is 26.7 Å². The number of phenolic OH excluding ortho intramolecular Hbond substituents is 1. The molecule has 1 aliphatic heterocycles. The molecule has 2 heterocycles. The number of hydrogen-bond acceptors (Lipinski definition) is 6. The van der Waals surface area contributed by atoms with Crippen molar-refractivity contribution in [2.45, 2.75) is 20.4 Å². The number of aryl methyl sites for hydroxylation is 1. The predicted molar refractivity (Wildman–Crippen MR) is 128 cm³/mol. The largest absolute Gasteiger partial charge is 0.508 e. The second-order valence-electron chi connectivity index (χ2n) is 7.58. The third-order valence-electron chi connectivity index (χ3n) is 5.62. The molecule has 1 saturated heterocycles. The van der Waals surface area contributed by atoms with Gasteiger partial charge < -0.3 is 10.0 Å². The van der Waals surface area contributed by atoms with E-state index in [0.717, 1.165) is 59.8 Å². The molecule has 0 atom stereocenters. The van der Waals surface area contributed by atoms with Crippen LogP contribution in [0.5, 0.6) is 5.75 Å². The molecule has 6 heteroatoms. The molecule has 3 nitrogen and oxygen atoms in total. The zero-order chi connectivity index (χ0) is 20.4. The van der Waals surface area contributed by atoms with Crippen molar-refractivity contribution in [2.75, 3.05) is 32.7 Å². The zero-order valence-corrected chi connectivity index (χ0v) is 19.3. The molecule has 4 rings (SSSR count). The molecule has 2 aromatic carbocycles. The fourth-order valence-corrected chi connectivity index (χ4v) is 6.69. The number of piperazine rings is 1. The summed E-state index contributed by atoms with van der Waals surface area (Å²) in [6.45, 7) is 10.5. The van der Waals surface area contributed by atoms with Gasteiger partial charge in [0.25, 0.3) is 0 Å². The normalized spacial score (nSPS) is 15.7. The Labute approximate surface area is 185 Å². The molecular formula is C23H26N2OS3. The highest BCUT2D eigenvalue weighted by Crippen LogP contribution is 2.42. The van der Waals surface area contributed by atoms with Gasteiger partial charge in [-0.2, -0.15) is 0 Å². The summed E-state index contributed by atoms with van der Waals surface area (Å²) in [6, 6.07) is 14.6. The van der Waals surface area contributed by atoms with Crippen molar-refractivity contribution in [3.05, 3.63) is 57.4 Å². The maximum absolute atomic E-state index is 10.5. The molecule has 0 aliphatic carbocycles. The zero-order valence-electron chi connectivity index (χ0n) is 16.9. The summed E-state index contributed by atoms with van der Waals surface area (Å²) in [5.74, 6) is 0.369. The highest BCUT2D eigenvalue weighted by atomic mass is 32.9. The van der Waals surface area contributed by atoms with Gasteiger partial charge in [-0.3, -0.25) is 4.90 Å². The van der Waals surface area contributed by atoms with E-state index in [4.69, 9.17) is 12.2 Å². The first-order valence-electron chi connectivity index (χ1n) is 10.0. The van der Waals surface area contributed by atoms with Crippen molar-refractivity contribution in [2.24, 2.45) is 0 Å². The van der Waals surface area contributed by atoms with E-state index in [-0.39, 0.29) is 0 Å². The predicted octanol–water partition coefficient (Wildman–Crippen LogP) is 6.02. The van der Waals surface area contributed by atoms with Gasteiger partial charge in [-0.15, -0.1) is 0 Å². The van der Waals surface area contributed by atoms with E-state index >= 15 is 0 Å². The molecule has 152 valence electrons. The number of nitrogens with zero attached hydrogens (tertiary/aromatic N) is 2. The van der Waals surface area contributed by atoms with Crippen LogP contribution in [0.3, 0.4) is 0 Å². The number of benzene rings is 2. The van der Waals surface area contributed by atoms with Crippen LogP contribution in [-0.4, -0.2) is 47.6 Å². The standard InChI is InChI=1S/C23H26N2OS3/c1-3-24-10-12-25(13-11-24)15-19-14-18(8-9-20(19)26)21-22(28-29-23(21)27)17-6-4-16(2)5-7-17/h4-9,14,26H,3,10-13,15H2,1-2H3. The van der Waals surface area contributed by atoms with Crippen molar-refractivity contribution < 1.29 is 5.11 Å². The van der Waals surface area contributed by atoms with Gasteiger partial charge >= 0.3 is 0 Å². The van der Waals surface area contributed by atoms with Crippen molar-refractivity contribution in [3.8, 4) is 27.3 Å². The van der Waals surface area contributed by atoms with Gasteiger partial charge in [0, 0.05) is 43.9 Å². The van der Waals surface area contributed by atoms with Crippen molar-refractivity contribution in [1.82, 2.24) is 9.80 Å². The molecule has 1 aliphatic rings. The molecular weight excluding hydrogens is 416 g/mol. The lowest BCUT2D eigenvalue weighted by molar-refractivity contribution is 0.131. The van der Waals surface area contributed by atoms with Gasteiger partial charge in [0.1, 0.15) is 9.57 Å². The smallest absolute Gasteiger partial charge is 0.120 e. The second kappa shape index (κ2) is 9.06. The summed E-state index contributed by atoms with van der Waals surface area (Å²) in [4.78, 5) is 6.11. The van der Waals surface area contributed by atoms with Crippen LogP contribution in [0.1, 0.15) is 18.1 Å². The van der Waals surface area contributed by atoms with Crippen LogP contribution in [0.4, 0.5) is 0 Å². The Morgan fingerprint density at radius 2 is 1.59 bits per heavy atom. The number of aromatic hydroxyl groups is 1. The van der Waals surface area contributed by atoms with Gasteiger partial charge in [-0.25, -0.2) is 0 Å². The number of likely N-dealkylation sites (N-methyl/N-ethyl adjacent to an activating group) is 1. The first-order chi connectivity index (χ1) is 14.0. The molecule has 0 unspecified atom stereocenters. The Balaban J connectivity index is 1.64. The van der Waals surface area contributed by atoms with E-state index < -0.39 is 0 Å². The monoisotopic (exact) mass is 442 g/mol. The fourth-order valence-electron chi connectivity index (χ4n) is 3.77. The van der Waals surface area contributed by atoms with Crippen LogP contribution in [-0.2, 0) is 6.54 Å². The average molecular weight is 443 g/mol. The minimum Gasteiger partial charge on any atom is -0.508 e. The molecule has 0 amide bonds. The maximum Gasteiger partial charge on any atom is 0.120 e. The minimum absolute atomic E-state index is 0.369. The summed E-state index contributed by atoms with van der Waals surface area (Å²) >= 11 is 5.69. The van der Waals surface area contributed by atoms with Crippen molar-refractivity contribution >= 4 is 32.9 Å². The van der Waals surface area contributed by atoms with Crippen LogP contribution >= 0.6 is 32.9 Å². The van der Waals surface area contributed by atoms with Gasteiger partial charge in [-0.1, -0.05) is 75.7 Å². The van der Waals surface area contributed by atoms with Gasteiger partial charge in [0.15, 0.2) is 0 Å². The lowest BCUT2D eigenvalue weighted by Crippen LogP contribution is -2.45. The Kier molecular flexibility index (Phi) is 6.47. The Morgan fingerprint density at radius 3 is 2.28 bits per heavy atom. The van der Waals surface area contributed by atoms with Crippen LogP contribution in [0, 0.1) is 10.7 Å². The molecule has 0 radical (unpaired) electrons. The summed E-state index contributed by atoms with van der Waals surface area (Å²) < 4.78 is 0.916. The maximum atomic E-state index is 10.5. The molecule has 1 N–H and O–H groups in total. The van der Waals surface area contributed by atoms with Crippen LogP contribution in [0.15, 0.2) is 42.5 Å². The third-order valence-corrected chi connectivity index (χ3v) is 8.69. The van der Waals surface area contributed by atoms with E-state index in [1.54, 1.807) is 20.7 Å². The second-order valence-corrected chi connectivity index (χ2v) is 10.4. The number of rotatable bonds is 5. The molecule has 1 fully saturated rings. The molecule has 0 spiro atoms. The van der Waals surface area contributed by atoms with E-state index in [1.165, 1.54) is 16.0 Å². The molecule has 0 saturated carbocycles. The molecule has 29 heavy (non-hydrogen) atoms. The SMILES string of the molecule is CCN1CCN(Cc2cc(-c3c(-c4ccc(C)cc4)ssc3=S)ccc2O)CC1. The summed E-state index contributed by atoms with van der Waals surface area (Å²) in [6.07, 6.45) is 0. The van der Waals surface area contributed by atoms with Crippen molar-refractivity contribution in [1.29, 1.82) is 0 Å². The molecule has 3 aromatic rings. The lowest BCUT2D eigenvalue weighted by atomic mass is 10.0. The highest BCUT2D eigenvalue weighted by Gasteiger charge is 2.19. The highest BCUT2D eigenvalue weighted by molar-refractivity contribution is 7.80. The minimum atomic E-state index is 0.369. The van der Waals surface area contributed by atoms with Crippen LogP contribution in [0.2, 0.25) is 0 Å². The quantitative estimate of drug-likeness (QED) is 0.386. The Bertz CT molecular complexity index is 1030. The summed E-state index contributed by atoms with van der Waals surface area (Å²) in [7, 11) is 3.39. The summed E-state index contributed by atoms with van der Waals surface area (Å²) in [5.41, 5.74) is 5.66. The number of phenols is 1. The van der Waals surface area contributed by atoms with Gasteiger partial charge in [-0.05, 0) is 36.7 Å². The van der Waals surface area contributed by atoms with E-state index in [2.05, 4.69) is 54.0 Å². The first kappa shape index (κ1) is 20.7. The van der Waals surface area contributed by atoms with E-state index in [0.29, 0.717) is 5.75 Å². The Hall–Kier alpha value is -1.57. The lowest BCUT2D eigenvalue weighted by Gasteiger charge is -2.34. The molecule has 1 aromatic heterocycles. The average Bonchev–Trinajstić information content (AvgIpc) is 3.12. The first-order valence-corrected chi connectivity index (χ1v) is 12.6. The Morgan fingerprint density at radius 1 is 0.931 bits per heavy atom. The van der Waals surface area contributed by atoms with Crippen LogP contribution < -0.4 is 0 Å². The van der Waals surface area contributed by atoms with Gasteiger partial charge in [0.05, 0.1) is 4.88 Å². The fraction of sp³-hybridized carbons (Fsp3) is 0.348. The third kappa shape index (κ3) is 4.62. The summed E-state index contributed by atoms with van der Waals surface area (Å²) in [5, 5.41) is 10.5. The number of hydrogen-bond donors (Lipinski definition) is 1. The van der Waals surface area contributed by atoms with Crippen molar-refractivity contribution in [3.63, 3.8) is 0 Å².